The molecule has 0 spiro atoms. The van der Waals surface area contributed by atoms with Crippen molar-refractivity contribution in [3.8, 4) is 0 Å². The van der Waals surface area contributed by atoms with Crippen molar-refractivity contribution in [3.05, 3.63) is 51.6 Å². The van der Waals surface area contributed by atoms with E-state index >= 15 is 0 Å². The Kier molecular flexibility index (Phi) is 3.92. The standard InChI is InChI=1S/C14H17N5O2/c20-19(21)12-5-3-10(4-6-12)8-13-16-14(18-17-13)11-2-1-7-15-9-11/h3-6,11,15H,1-2,7-9H2,(H,16,17,18). The normalized spacial score (nSPS) is 18.6. The summed E-state index contributed by atoms with van der Waals surface area (Å²) in [6.07, 6.45) is 2.86. The van der Waals surface area contributed by atoms with Crippen LogP contribution in [0.4, 0.5) is 5.69 Å². The third kappa shape index (κ3) is 3.25. The number of benzene rings is 1. The smallest absolute Gasteiger partial charge is 0.269 e. The second-order valence-electron chi connectivity index (χ2n) is 5.28. The SMILES string of the molecule is O=[N+]([O-])c1ccc(Cc2nc(C3CCCNC3)n[nH]2)cc1. The van der Waals surface area contributed by atoms with Crippen LogP contribution in [0.5, 0.6) is 0 Å². The number of non-ortho nitro benzene ring substituents is 1. The van der Waals surface area contributed by atoms with Crippen LogP contribution in [0.1, 0.15) is 36.0 Å². The zero-order valence-corrected chi connectivity index (χ0v) is 11.6. The van der Waals surface area contributed by atoms with E-state index in [9.17, 15) is 10.1 Å². The molecule has 2 aromatic rings. The van der Waals surface area contributed by atoms with Gasteiger partial charge in [-0.05, 0) is 24.9 Å². The largest absolute Gasteiger partial charge is 0.316 e. The Hall–Kier alpha value is -2.28. The summed E-state index contributed by atoms with van der Waals surface area (Å²) in [4.78, 5) is 14.8. The van der Waals surface area contributed by atoms with E-state index in [2.05, 4.69) is 20.5 Å². The molecular weight excluding hydrogens is 270 g/mol. The quantitative estimate of drug-likeness (QED) is 0.660. The van der Waals surface area contributed by atoms with E-state index < -0.39 is 4.92 Å². The number of nitrogens with zero attached hydrogens (tertiary/aromatic N) is 3. The van der Waals surface area contributed by atoms with Gasteiger partial charge in [0, 0.05) is 31.0 Å². The fourth-order valence-corrected chi connectivity index (χ4v) is 2.57. The Morgan fingerprint density at radius 2 is 2.14 bits per heavy atom. The second kappa shape index (κ2) is 6.01. The molecule has 1 saturated heterocycles. The van der Waals surface area contributed by atoms with Crippen LogP contribution in [-0.4, -0.2) is 33.2 Å². The molecule has 3 rings (SSSR count). The van der Waals surface area contributed by atoms with Crippen molar-refractivity contribution < 1.29 is 4.92 Å². The molecule has 0 saturated carbocycles. The van der Waals surface area contributed by atoms with E-state index in [1.54, 1.807) is 12.1 Å². The first-order valence-electron chi connectivity index (χ1n) is 7.07. The number of nitrogens with one attached hydrogen (secondary N) is 2. The molecule has 1 fully saturated rings. The van der Waals surface area contributed by atoms with Crippen LogP contribution in [0.3, 0.4) is 0 Å². The Morgan fingerprint density at radius 3 is 2.81 bits per heavy atom. The summed E-state index contributed by atoms with van der Waals surface area (Å²) in [5, 5.41) is 21.2. The summed E-state index contributed by atoms with van der Waals surface area (Å²) in [7, 11) is 0. The van der Waals surface area contributed by atoms with Gasteiger partial charge in [0.2, 0.25) is 0 Å². The molecule has 0 amide bonds. The molecule has 0 aliphatic carbocycles. The summed E-state index contributed by atoms with van der Waals surface area (Å²) < 4.78 is 0. The Labute approximate surface area is 121 Å². The van der Waals surface area contributed by atoms with E-state index in [1.165, 1.54) is 12.1 Å². The topological polar surface area (TPSA) is 96.7 Å². The fourth-order valence-electron chi connectivity index (χ4n) is 2.57. The molecule has 2 N–H and O–H groups in total. The highest BCUT2D eigenvalue weighted by atomic mass is 16.6. The molecule has 1 aromatic carbocycles. The minimum atomic E-state index is -0.396. The van der Waals surface area contributed by atoms with Crippen LogP contribution in [0.25, 0.3) is 0 Å². The number of H-pyrrole nitrogens is 1. The molecule has 1 atom stereocenters. The first kappa shape index (κ1) is 13.7. The lowest BCUT2D eigenvalue weighted by atomic mass is 9.99. The molecular formula is C14H17N5O2. The fraction of sp³-hybridized carbons (Fsp3) is 0.429. The molecule has 2 heterocycles. The number of rotatable bonds is 4. The van der Waals surface area contributed by atoms with Crippen LogP contribution >= 0.6 is 0 Å². The number of aromatic nitrogens is 3. The van der Waals surface area contributed by atoms with Gasteiger partial charge in [0.05, 0.1) is 4.92 Å². The van der Waals surface area contributed by atoms with Crippen molar-refractivity contribution in [1.29, 1.82) is 0 Å². The van der Waals surface area contributed by atoms with Gasteiger partial charge in [0.25, 0.3) is 5.69 Å². The van der Waals surface area contributed by atoms with Crippen molar-refractivity contribution in [2.24, 2.45) is 0 Å². The van der Waals surface area contributed by atoms with Gasteiger partial charge in [0.1, 0.15) is 5.82 Å². The highest BCUT2D eigenvalue weighted by Crippen LogP contribution is 2.20. The Bertz CT molecular complexity index is 617. The van der Waals surface area contributed by atoms with E-state index in [1.807, 2.05) is 0 Å². The Balaban J connectivity index is 1.67. The zero-order chi connectivity index (χ0) is 14.7. The molecule has 1 aliphatic heterocycles. The minimum absolute atomic E-state index is 0.102. The van der Waals surface area contributed by atoms with Crippen LogP contribution in [0.15, 0.2) is 24.3 Å². The number of hydrogen-bond acceptors (Lipinski definition) is 5. The highest BCUT2D eigenvalue weighted by Gasteiger charge is 2.19. The number of hydrogen-bond donors (Lipinski definition) is 2. The number of nitro groups is 1. The van der Waals surface area contributed by atoms with Gasteiger partial charge in [-0.15, -0.1) is 0 Å². The monoisotopic (exact) mass is 287 g/mol. The predicted molar refractivity (Wildman–Crippen MR) is 77.1 cm³/mol. The Morgan fingerprint density at radius 1 is 1.33 bits per heavy atom. The van der Waals surface area contributed by atoms with E-state index in [0.717, 1.165) is 43.1 Å². The van der Waals surface area contributed by atoms with E-state index in [0.29, 0.717) is 12.3 Å². The third-order valence-electron chi connectivity index (χ3n) is 3.73. The first-order chi connectivity index (χ1) is 10.2. The summed E-state index contributed by atoms with van der Waals surface area (Å²) in [6, 6.07) is 6.53. The molecule has 1 aromatic heterocycles. The summed E-state index contributed by atoms with van der Waals surface area (Å²) >= 11 is 0. The zero-order valence-electron chi connectivity index (χ0n) is 11.6. The number of nitro benzene ring substituents is 1. The summed E-state index contributed by atoms with van der Waals surface area (Å²) in [5.41, 5.74) is 1.08. The van der Waals surface area contributed by atoms with E-state index in [4.69, 9.17) is 0 Å². The molecule has 1 unspecified atom stereocenters. The maximum Gasteiger partial charge on any atom is 0.269 e. The lowest BCUT2D eigenvalue weighted by Gasteiger charge is -2.19. The van der Waals surface area contributed by atoms with Gasteiger partial charge >= 0.3 is 0 Å². The van der Waals surface area contributed by atoms with Crippen LogP contribution in [0, 0.1) is 10.1 Å². The van der Waals surface area contributed by atoms with Crippen LogP contribution < -0.4 is 5.32 Å². The predicted octanol–water partition coefficient (Wildman–Crippen LogP) is 1.77. The molecule has 0 bridgehead atoms. The third-order valence-corrected chi connectivity index (χ3v) is 3.73. The van der Waals surface area contributed by atoms with Gasteiger partial charge in [-0.1, -0.05) is 12.1 Å². The van der Waals surface area contributed by atoms with Crippen molar-refractivity contribution in [1.82, 2.24) is 20.5 Å². The lowest BCUT2D eigenvalue weighted by molar-refractivity contribution is -0.384. The highest BCUT2D eigenvalue weighted by molar-refractivity contribution is 5.33. The average molecular weight is 287 g/mol. The van der Waals surface area contributed by atoms with Crippen molar-refractivity contribution in [2.75, 3.05) is 13.1 Å². The number of piperidine rings is 1. The van der Waals surface area contributed by atoms with Gasteiger partial charge in [-0.2, -0.15) is 5.10 Å². The van der Waals surface area contributed by atoms with E-state index in [-0.39, 0.29) is 5.69 Å². The molecule has 0 radical (unpaired) electrons. The maximum absolute atomic E-state index is 10.6. The minimum Gasteiger partial charge on any atom is -0.316 e. The molecule has 21 heavy (non-hydrogen) atoms. The maximum atomic E-state index is 10.6. The molecule has 7 heteroatoms. The molecule has 7 nitrogen and oxygen atoms in total. The van der Waals surface area contributed by atoms with Crippen molar-refractivity contribution in [2.45, 2.75) is 25.2 Å². The van der Waals surface area contributed by atoms with Crippen LogP contribution in [0.2, 0.25) is 0 Å². The van der Waals surface area contributed by atoms with Gasteiger partial charge in [-0.3, -0.25) is 15.2 Å². The molecule has 110 valence electrons. The summed E-state index contributed by atoms with van der Waals surface area (Å²) in [6.45, 7) is 1.99. The van der Waals surface area contributed by atoms with Crippen molar-refractivity contribution in [3.63, 3.8) is 0 Å². The molecule has 1 aliphatic rings. The summed E-state index contributed by atoms with van der Waals surface area (Å²) in [5.74, 6) is 2.03. The lowest BCUT2D eigenvalue weighted by Crippen LogP contribution is -2.28. The average Bonchev–Trinajstić information content (AvgIpc) is 2.97. The first-order valence-corrected chi connectivity index (χ1v) is 7.07. The van der Waals surface area contributed by atoms with Gasteiger partial charge in [-0.25, -0.2) is 4.98 Å². The van der Waals surface area contributed by atoms with Crippen LogP contribution in [-0.2, 0) is 6.42 Å². The van der Waals surface area contributed by atoms with Gasteiger partial charge in [0.15, 0.2) is 5.82 Å². The van der Waals surface area contributed by atoms with Crippen molar-refractivity contribution >= 4 is 5.69 Å². The van der Waals surface area contributed by atoms with Gasteiger partial charge < -0.3 is 5.32 Å². The second-order valence-corrected chi connectivity index (χ2v) is 5.28. The number of aromatic amines is 1.